The van der Waals surface area contributed by atoms with Gasteiger partial charge in [0.1, 0.15) is 5.75 Å². The van der Waals surface area contributed by atoms with Crippen molar-refractivity contribution in [1.29, 1.82) is 0 Å². The molecule has 1 rings (SSSR count). The molecule has 0 saturated carbocycles. The van der Waals surface area contributed by atoms with Gasteiger partial charge in [0.05, 0.1) is 6.61 Å². The van der Waals surface area contributed by atoms with Gasteiger partial charge in [-0.2, -0.15) is 0 Å². The fourth-order valence-electron chi connectivity index (χ4n) is 1.82. The van der Waals surface area contributed by atoms with Crippen LogP contribution < -0.4 is 10.5 Å². The molecule has 1 atom stereocenters. The monoisotopic (exact) mass is 299 g/mol. The average molecular weight is 300 g/mol. The molecular weight excluding hydrogens is 278 g/mol. The molecule has 0 heterocycles. The number of hydrogen-bond acceptors (Lipinski definition) is 2. The molecule has 0 bridgehead atoms. The van der Waals surface area contributed by atoms with E-state index in [1.54, 1.807) is 0 Å². The molecule has 0 radical (unpaired) electrons. The summed E-state index contributed by atoms with van der Waals surface area (Å²) in [6, 6.07) is 7.90. The summed E-state index contributed by atoms with van der Waals surface area (Å²) in [4.78, 5) is 0. The van der Waals surface area contributed by atoms with Crippen LogP contribution in [0.5, 0.6) is 5.75 Å². The minimum Gasteiger partial charge on any atom is -0.493 e. The molecule has 0 aromatic heterocycles. The number of ether oxygens (including phenoxy) is 1. The van der Waals surface area contributed by atoms with Crippen molar-refractivity contribution in [3.8, 4) is 5.75 Å². The van der Waals surface area contributed by atoms with Crippen molar-refractivity contribution < 1.29 is 4.74 Å². The molecule has 1 aromatic carbocycles. The highest BCUT2D eigenvalue weighted by molar-refractivity contribution is 9.10. The Morgan fingerprint density at radius 3 is 2.29 bits per heavy atom. The third kappa shape index (κ3) is 6.08. The van der Waals surface area contributed by atoms with Crippen molar-refractivity contribution >= 4 is 15.9 Å². The summed E-state index contributed by atoms with van der Waals surface area (Å²) in [6.45, 7) is 8.06. The molecule has 1 unspecified atom stereocenters. The van der Waals surface area contributed by atoms with Crippen molar-refractivity contribution in [2.24, 2.45) is 17.1 Å². The van der Waals surface area contributed by atoms with Crippen molar-refractivity contribution in [3.05, 3.63) is 28.7 Å². The number of hydrogen-bond donors (Lipinski definition) is 1. The van der Waals surface area contributed by atoms with E-state index in [0.29, 0.717) is 24.5 Å². The Morgan fingerprint density at radius 2 is 1.82 bits per heavy atom. The van der Waals surface area contributed by atoms with Crippen molar-refractivity contribution in [1.82, 2.24) is 0 Å². The molecule has 2 N–H and O–H groups in total. The molecule has 2 nitrogen and oxygen atoms in total. The normalized spacial score (nSPS) is 13.5. The number of rotatable bonds is 5. The van der Waals surface area contributed by atoms with Crippen LogP contribution in [-0.2, 0) is 0 Å². The van der Waals surface area contributed by atoms with Gasteiger partial charge in [-0.1, -0.05) is 36.7 Å². The van der Waals surface area contributed by atoms with Crippen molar-refractivity contribution in [3.63, 3.8) is 0 Å². The van der Waals surface area contributed by atoms with E-state index in [1.165, 1.54) is 0 Å². The van der Waals surface area contributed by atoms with Crippen molar-refractivity contribution in [2.45, 2.75) is 27.2 Å². The Hall–Kier alpha value is -0.540. The first kappa shape index (κ1) is 14.5. The topological polar surface area (TPSA) is 35.2 Å². The lowest BCUT2D eigenvalue weighted by molar-refractivity contribution is 0.199. The van der Waals surface area contributed by atoms with E-state index in [1.807, 2.05) is 24.3 Å². The highest BCUT2D eigenvalue weighted by Gasteiger charge is 2.18. The summed E-state index contributed by atoms with van der Waals surface area (Å²) in [5.41, 5.74) is 6.08. The van der Waals surface area contributed by atoms with Crippen LogP contribution in [-0.4, -0.2) is 13.2 Å². The smallest absolute Gasteiger partial charge is 0.119 e. The summed E-state index contributed by atoms with van der Waals surface area (Å²) in [6.07, 6.45) is 1.08. The lowest BCUT2D eigenvalue weighted by Gasteiger charge is -2.25. The fourth-order valence-corrected chi connectivity index (χ4v) is 2.09. The molecule has 1 aromatic rings. The molecule has 0 aliphatic heterocycles. The van der Waals surface area contributed by atoms with Gasteiger partial charge in [-0.15, -0.1) is 0 Å². The summed E-state index contributed by atoms with van der Waals surface area (Å²) in [5.74, 6) is 1.32. The maximum absolute atomic E-state index is 5.78. The minimum absolute atomic E-state index is 0.299. The van der Waals surface area contributed by atoms with Crippen LogP contribution in [0.15, 0.2) is 28.7 Å². The first-order chi connectivity index (χ1) is 7.90. The molecule has 0 aliphatic rings. The first-order valence-corrected chi connectivity index (χ1v) is 6.78. The van der Waals surface area contributed by atoms with Crippen LogP contribution in [0.25, 0.3) is 0 Å². The molecule has 0 fully saturated rings. The van der Waals surface area contributed by atoms with E-state index in [9.17, 15) is 0 Å². The highest BCUT2D eigenvalue weighted by atomic mass is 79.9. The van der Waals surface area contributed by atoms with Gasteiger partial charge in [-0.3, -0.25) is 0 Å². The van der Waals surface area contributed by atoms with Gasteiger partial charge in [0, 0.05) is 10.4 Å². The van der Waals surface area contributed by atoms with E-state index < -0.39 is 0 Å². The van der Waals surface area contributed by atoms with E-state index in [0.717, 1.165) is 16.6 Å². The van der Waals surface area contributed by atoms with Crippen LogP contribution in [0.2, 0.25) is 0 Å². The lowest BCUT2D eigenvalue weighted by atomic mass is 9.85. The molecule has 0 saturated heterocycles. The van der Waals surface area contributed by atoms with E-state index in [4.69, 9.17) is 10.5 Å². The predicted molar refractivity (Wildman–Crippen MR) is 76.3 cm³/mol. The van der Waals surface area contributed by atoms with Crippen LogP contribution in [0.1, 0.15) is 27.2 Å². The van der Waals surface area contributed by atoms with Gasteiger partial charge in [0.25, 0.3) is 0 Å². The number of halogens is 1. The molecule has 17 heavy (non-hydrogen) atoms. The highest BCUT2D eigenvalue weighted by Crippen LogP contribution is 2.25. The minimum atomic E-state index is 0.299. The van der Waals surface area contributed by atoms with E-state index >= 15 is 0 Å². The fraction of sp³-hybridized carbons (Fsp3) is 0.571. The summed E-state index contributed by atoms with van der Waals surface area (Å²) >= 11 is 3.40. The lowest BCUT2D eigenvalue weighted by Crippen LogP contribution is -2.26. The van der Waals surface area contributed by atoms with E-state index in [2.05, 4.69) is 36.7 Å². The zero-order chi connectivity index (χ0) is 12.9. The summed E-state index contributed by atoms with van der Waals surface area (Å²) in [5, 5.41) is 0. The Morgan fingerprint density at radius 1 is 1.24 bits per heavy atom. The molecule has 0 spiro atoms. The van der Waals surface area contributed by atoms with Crippen LogP contribution in [0.4, 0.5) is 0 Å². The maximum atomic E-state index is 5.78. The zero-order valence-electron chi connectivity index (χ0n) is 10.9. The Kier molecular flexibility index (Phi) is 5.47. The van der Waals surface area contributed by atoms with Gasteiger partial charge in [-0.05, 0) is 42.6 Å². The van der Waals surface area contributed by atoms with Gasteiger partial charge in [0.15, 0.2) is 0 Å². The summed E-state index contributed by atoms with van der Waals surface area (Å²) in [7, 11) is 0. The first-order valence-electron chi connectivity index (χ1n) is 5.99. The molecule has 3 heteroatoms. The predicted octanol–water partition coefficient (Wildman–Crippen LogP) is 3.84. The van der Waals surface area contributed by atoms with Gasteiger partial charge in [0.2, 0.25) is 0 Å². The standard InChI is InChI=1S/C14H22BrNO/c1-14(2,3)8-11(9-16)10-17-13-6-4-12(15)5-7-13/h4-7,11H,8-10,16H2,1-3H3. The van der Waals surface area contributed by atoms with Crippen LogP contribution in [0, 0.1) is 11.3 Å². The SMILES string of the molecule is CC(C)(C)CC(CN)COc1ccc(Br)cc1. The van der Waals surface area contributed by atoms with Crippen LogP contribution >= 0.6 is 15.9 Å². The average Bonchev–Trinajstić information content (AvgIpc) is 2.25. The Bertz CT molecular complexity index is 329. The quantitative estimate of drug-likeness (QED) is 0.896. The molecule has 0 aliphatic carbocycles. The molecule has 0 amide bonds. The third-order valence-corrected chi connectivity index (χ3v) is 3.06. The summed E-state index contributed by atoms with van der Waals surface area (Å²) < 4.78 is 6.82. The van der Waals surface area contributed by atoms with Crippen LogP contribution in [0.3, 0.4) is 0 Å². The number of benzene rings is 1. The largest absolute Gasteiger partial charge is 0.493 e. The van der Waals surface area contributed by atoms with Crippen molar-refractivity contribution in [2.75, 3.05) is 13.2 Å². The second kappa shape index (κ2) is 6.41. The second-order valence-electron chi connectivity index (χ2n) is 5.63. The maximum Gasteiger partial charge on any atom is 0.119 e. The molecule has 96 valence electrons. The Balaban J connectivity index is 2.45. The third-order valence-electron chi connectivity index (χ3n) is 2.53. The molecular formula is C14H22BrNO. The van der Waals surface area contributed by atoms with E-state index in [-0.39, 0.29) is 0 Å². The van der Waals surface area contributed by atoms with Gasteiger partial charge < -0.3 is 10.5 Å². The van der Waals surface area contributed by atoms with Gasteiger partial charge >= 0.3 is 0 Å². The Labute approximate surface area is 113 Å². The number of nitrogens with two attached hydrogens (primary N) is 1. The second-order valence-corrected chi connectivity index (χ2v) is 6.55. The van der Waals surface area contributed by atoms with Gasteiger partial charge in [-0.25, -0.2) is 0 Å². The zero-order valence-corrected chi connectivity index (χ0v) is 12.5.